The Hall–Kier alpha value is -0.900. The molecule has 1 aliphatic rings. The summed E-state index contributed by atoms with van der Waals surface area (Å²) in [6.07, 6.45) is 45.8. The van der Waals surface area contributed by atoms with Crippen molar-refractivity contribution in [2.45, 2.75) is 327 Å². The second-order valence-electron chi connectivity index (χ2n) is 20.6. The lowest BCUT2D eigenvalue weighted by molar-refractivity contribution is -0.301. The standard InChI is InChI=1S/C56H110O12S/c1-3-5-7-9-11-13-15-17-19-21-22-23-24-25-26-27-28-29-30-32-34-36-38-40-42-44-46-64-48-50(49-65-56-54(60)55(68-69(61,62)63)53(59)51(47-57)67-56)66-52(58)45-43-41-39-37-35-33-31-20-18-16-14-12-10-8-6-4-2/h50-51,53-57,59-60H,3-49H2,1-2H3,(H,61,62,63). The van der Waals surface area contributed by atoms with Crippen LogP contribution in [0.2, 0.25) is 0 Å². The molecule has 0 spiro atoms. The molecule has 0 bridgehead atoms. The van der Waals surface area contributed by atoms with E-state index in [2.05, 4.69) is 18.0 Å². The second-order valence-corrected chi connectivity index (χ2v) is 21.7. The predicted octanol–water partition coefficient (Wildman–Crippen LogP) is 14.4. The maximum Gasteiger partial charge on any atom is 0.397 e. The van der Waals surface area contributed by atoms with Crippen LogP contribution in [0.4, 0.5) is 0 Å². The molecule has 6 atom stereocenters. The van der Waals surface area contributed by atoms with Crippen molar-refractivity contribution in [2.24, 2.45) is 0 Å². The van der Waals surface area contributed by atoms with E-state index in [9.17, 15) is 33.1 Å². The summed E-state index contributed by atoms with van der Waals surface area (Å²) < 4.78 is 59.4. The summed E-state index contributed by atoms with van der Waals surface area (Å²) in [4.78, 5) is 12.9. The first-order valence-corrected chi connectivity index (χ1v) is 30.7. The summed E-state index contributed by atoms with van der Waals surface area (Å²) >= 11 is 0. The first kappa shape index (κ1) is 66.1. The van der Waals surface area contributed by atoms with Gasteiger partial charge in [-0.15, -0.1) is 0 Å². The van der Waals surface area contributed by atoms with Crippen LogP contribution >= 0.6 is 0 Å². The molecule has 1 saturated heterocycles. The fraction of sp³-hybridized carbons (Fsp3) is 0.982. The molecular formula is C56H110O12S. The zero-order chi connectivity index (χ0) is 50.3. The number of aliphatic hydroxyl groups is 3. The van der Waals surface area contributed by atoms with Crippen molar-refractivity contribution < 1.29 is 56.2 Å². The van der Waals surface area contributed by atoms with Crippen LogP contribution in [-0.4, -0.2) is 97.5 Å². The molecule has 0 aromatic heterocycles. The molecule has 4 N–H and O–H groups in total. The van der Waals surface area contributed by atoms with E-state index in [1.165, 1.54) is 225 Å². The molecule has 0 aliphatic carbocycles. The average Bonchev–Trinajstić information content (AvgIpc) is 3.32. The number of aliphatic hydroxyl groups excluding tert-OH is 3. The van der Waals surface area contributed by atoms with Crippen molar-refractivity contribution in [3.63, 3.8) is 0 Å². The number of hydrogen-bond donors (Lipinski definition) is 4. The topological polar surface area (TPSA) is 178 Å². The van der Waals surface area contributed by atoms with Gasteiger partial charge in [0.25, 0.3) is 0 Å². The summed E-state index contributed by atoms with van der Waals surface area (Å²) in [5.74, 6) is -0.390. The van der Waals surface area contributed by atoms with Gasteiger partial charge in [-0.2, -0.15) is 8.42 Å². The van der Waals surface area contributed by atoms with E-state index in [0.29, 0.717) is 13.0 Å². The van der Waals surface area contributed by atoms with Gasteiger partial charge in [0.15, 0.2) is 6.29 Å². The van der Waals surface area contributed by atoms with Gasteiger partial charge in [0.05, 0.1) is 19.8 Å². The van der Waals surface area contributed by atoms with Crippen molar-refractivity contribution in [3.05, 3.63) is 0 Å². The van der Waals surface area contributed by atoms with Gasteiger partial charge >= 0.3 is 16.4 Å². The highest BCUT2D eigenvalue weighted by molar-refractivity contribution is 7.80. The average molecular weight is 1010 g/mol. The summed E-state index contributed by atoms with van der Waals surface area (Å²) in [5.41, 5.74) is 0. The van der Waals surface area contributed by atoms with Gasteiger partial charge in [-0.05, 0) is 12.8 Å². The molecule has 69 heavy (non-hydrogen) atoms. The Morgan fingerprint density at radius 2 is 0.826 bits per heavy atom. The minimum atomic E-state index is -5.06. The Bertz CT molecular complexity index is 1210. The largest absolute Gasteiger partial charge is 0.457 e. The van der Waals surface area contributed by atoms with Gasteiger partial charge in [0.2, 0.25) is 0 Å². The van der Waals surface area contributed by atoms with E-state index < -0.39 is 53.8 Å². The van der Waals surface area contributed by atoms with Crippen LogP contribution in [0, 0.1) is 0 Å². The molecule has 1 fully saturated rings. The minimum Gasteiger partial charge on any atom is -0.457 e. The molecule has 0 aromatic rings. The summed E-state index contributed by atoms with van der Waals surface area (Å²) in [6, 6.07) is 0. The van der Waals surface area contributed by atoms with E-state index >= 15 is 0 Å². The molecule has 0 amide bonds. The number of hydrogen-bond acceptors (Lipinski definition) is 11. The van der Waals surface area contributed by atoms with Gasteiger partial charge in [0.1, 0.15) is 30.5 Å². The number of ether oxygens (including phenoxy) is 4. The zero-order valence-electron chi connectivity index (χ0n) is 44.7. The Morgan fingerprint density at radius 3 is 1.16 bits per heavy atom. The molecule has 0 radical (unpaired) electrons. The highest BCUT2D eigenvalue weighted by Crippen LogP contribution is 2.26. The van der Waals surface area contributed by atoms with Crippen molar-refractivity contribution in [3.8, 4) is 0 Å². The number of carbonyl (C=O) groups is 1. The monoisotopic (exact) mass is 1010 g/mol. The van der Waals surface area contributed by atoms with Crippen LogP contribution < -0.4 is 0 Å². The summed E-state index contributed by atoms with van der Waals surface area (Å²) in [5, 5.41) is 30.8. The minimum absolute atomic E-state index is 0.0456. The number of carbonyl (C=O) groups excluding carboxylic acids is 1. The predicted molar refractivity (Wildman–Crippen MR) is 281 cm³/mol. The highest BCUT2D eigenvalue weighted by Gasteiger charge is 2.48. The molecule has 0 saturated carbocycles. The SMILES string of the molecule is CCCCCCCCCCCCCCCCCCCCCCCCCCCCOCC(COC1OC(CO)C(O)C(OS(=O)(=O)O)C1O)OC(=O)CCCCCCCCCCCCCCCCCC. The lowest BCUT2D eigenvalue weighted by atomic mass is 9.99. The van der Waals surface area contributed by atoms with Crippen LogP contribution in [0.15, 0.2) is 0 Å². The molecule has 0 aromatic carbocycles. The Balaban J connectivity index is 2.24. The first-order valence-electron chi connectivity index (χ1n) is 29.3. The van der Waals surface area contributed by atoms with Crippen LogP contribution in [0.3, 0.4) is 0 Å². The molecular weight excluding hydrogens is 897 g/mol. The maximum atomic E-state index is 12.9. The fourth-order valence-electron chi connectivity index (χ4n) is 9.56. The lowest BCUT2D eigenvalue weighted by Crippen LogP contribution is -2.60. The van der Waals surface area contributed by atoms with Gasteiger partial charge in [0, 0.05) is 13.0 Å². The van der Waals surface area contributed by atoms with E-state index in [0.717, 1.165) is 38.5 Å². The van der Waals surface area contributed by atoms with Crippen LogP contribution in [0.5, 0.6) is 0 Å². The number of rotatable bonds is 53. The third kappa shape index (κ3) is 41.2. The van der Waals surface area contributed by atoms with E-state index in [4.69, 9.17) is 18.9 Å². The smallest absolute Gasteiger partial charge is 0.397 e. The first-order chi connectivity index (χ1) is 33.6. The molecule has 13 heteroatoms. The quantitative estimate of drug-likeness (QED) is 0.0258. The van der Waals surface area contributed by atoms with Gasteiger partial charge in [-0.25, -0.2) is 4.18 Å². The Kier molecular flexibility index (Phi) is 46.1. The third-order valence-electron chi connectivity index (χ3n) is 14.0. The van der Waals surface area contributed by atoms with Gasteiger partial charge in [-0.1, -0.05) is 271 Å². The Morgan fingerprint density at radius 1 is 0.493 bits per heavy atom. The molecule has 1 rings (SSSR count). The third-order valence-corrected chi connectivity index (χ3v) is 14.4. The summed E-state index contributed by atoms with van der Waals surface area (Å²) in [6.45, 7) is 4.07. The van der Waals surface area contributed by atoms with Crippen molar-refractivity contribution in [1.82, 2.24) is 0 Å². The van der Waals surface area contributed by atoms with E-state index in [1.807, 2.05) is 0 Å². The van der Waals surface area contributed by atoms with E-state index in [-0.39, 0.29) is 25.6 Å². The van der Waals surface area contributed by atoms with Crippen LogP contribution in [0.1, 0.15) is 290 Å². The molecule has 6 unspecified atom stereocenters. The number of esters is 1. The summed E-state index contributed by atoms with van der Waals surface area (Å²) in [7, 11) is -5.06. The second kappa shape index (κ2) is 48.1. The fourth-order valence-corrected chi connectivity index (χ4v) is 10.1. The van der Waals surface area contributed by atoms with Crippen molar-refractivity contribution >= 4 is 16.4 Å². The maximum absolute atomic E-state index is 12.9. The van der Waals surface area contributed by atoms with Gasteiger partial charge in [-0.3, -0.25) is 9.35 Å². The molecule has 1 aliphatic heterocycles. The van der Waals surface area contributed by atoms with Crippen molar-refractivity contribution in [2.75, 3.05) is 26.4 Å². The highest BCUT2D eigenvalue weighted by atomic mass is 32.3. The lowest BCUT2D eigenvalue weighted by Gasteiger charge is -2.41. The molecule has 412 valence electrons. The normalized spacial score (nSPS) is 19.1. The Labute approximate surface area is 424 Å². The van der Waals surface area contributed by atoms with Crippen LogP contribution in [-0.2, 0) is 38.3 Å². The number of unbranched alkanes of at least 4 members (excludes halogenated alkanes) is 40. The van der Waals surface area contributed by atoms with Crippen molar-refractivity contribution in [1.29, 1.82) is 0 Å². The molecule has 1 heterocycles. The van der Waals surface area contributed by atoms with Crippen LogP contribution in [0.25, 0.3) is 0 Å². The zero-order valence-corrected chi connectivity index (χ0v) is 45.5. The van der Waals surface area contributed by atoms with Gasteiger partial charge < -0.3 is 34.3 Å². The van der Waals surface area contributed by atoms with E-state index in [1.54, 1.807) is 0 Å². The molecule has 12 nitrogen and oxygen atoms in total.